The zero-order valence-electron chi connectivity index (χ0n) is 17.9. The number of hydrogen-bond donors (Lipinski definition) is 4. The Morgan fingerprint density at radius 2 is 1.97 bits per heavy atom. The topological polar surface area (TPSA) is 136 Å². The Morgan fingerprint density at radius 1 is 1.26 bits per heavy atom. The lowest BCUT2D eigenvalue weighted by Crippen LogP contribution is -2.53. The van der Waals surface area contributed by atoms with Gasteiger partial charge in [0, 0.05) is 31.7 Å². The maximum absolute atomic E-state index is 13.8. The molecule has 31 heavy (non-hydrogen) atoms. The predicted octanol–water partition coefficient (Wildman–Crippen LogP) is 1.46. The molecule has 2 aromatic heterocycles. The molecule has 9 nitrogen and oxygen atoms in total. The summed E-state index contributed by atoms with van der Waals surface area (Å²) in [6.07, 6.45) is 5.00. The van der Waals surface area contributed by atoms with Crippen molar-refractivity contribution < 1.29 is 23.7 Å². The van der Waals surface area contributed by atoms with E-state index >= 15 is 0 Å². The van der Waals surface area contributed by atoms with Gasteiger partial charge in [0.2, 0.25) is 0 Å². The number of aromatic nitrogens is 3. The lowest BCUT2D eigenvalue weighted by atomic mass is 9.98. The molecule has 11 heteroatoms. The van der Waals surface area contributed by atoms with Gasteiger partial charge in [0.05, 0.1) is 18.0 Å². The van der Waals surface area contributed by atoms with E-state index in [0.29, 0.717) is 25.3 Å². The molecule has 2 aromatic rings. The smallest absolute Gasteiger partial charge is 0.260 e. The molecule has 2 aliphatic rings. The Balaban J connectivity index is 0.000000491. The first kappa shape index (κ1) is 23.7. The summed E-state index contributed by atoms with van der Waals surface area (Å²) < 4.78 is 35.7. The van der Waals surface area contributed by atoms with E-state index in [0.717, 1.165) is 23.9 Å². The predicted molar refractivity (Wildman–Crippen MR) is 112 cm³/mol. The number of rotatable bonds is 4. The van der Waals surface area contributed by atoms with Crippen molar-refractivity contribution in [3.63, 3.8) is 0 Å². The molecule has 0 spiro atoms. The van der Waals surface area contributed by atoms with Crippen molar-refractivity contribution in [2.24, 2.45) is 5.73 Å². The van der Waals surface area contributed by atoms with Crippen molar-refractivity contribution in [3.05, 3.63) is 18.6 Å². The van der Waals surface area contributed by atoms with Crippen LogP contribution in [-0.4, -0.2) is 73.1 Å². The first-order valence-electron chi connectivity index (χ1n) is 10.5. The van der Waals surface area contributed by atoms with Crippen molar-refractivity contribution in [1.82, 2.24) is 19.4 Å². The third-order valence-corrected chi connectivity index (χ3v) is 5.44. The molecule has 0 saturated carbocycles. The van der Waals surface area contributed by atoms with Crippen LogP contribution >= 0.6 is 0 Å². The monoisotopic (exact) mass is 442 g/mol. The van der Waals surface area contributed by atoms with Crippen molar-refractivity contribution in [1.29, 1.82) is 0 Å². The van der Waals surface area contributed by atoms with Crippen LogP contribution in [0.1, 0.15) is 45.8 Å². The molecule has 0 amide bonds. The van der Waals surface area contributed by atoms with E-state index in [1.165, 1.54) is 20.2 Å². The average Bonchev–Trinajstić information content (AvgIpc) is 3.27. The van der Waals surface area contributed by atoms with Crippen LogP contribution in [0.15, 0.2) is 18.6 Å². The van der Waals surface area contributed by atoms with Gasteiger partial charge in [-0.15, -0.1) is 0 Å². The van der Waals surface area contributed by atoms with Gasteiger partial charge in [0.25, 0.3) is 5.92 Å². The summed E-state index contributed by atoms with van der Waals surface area (Å²) >= 11 is 0. The second-order valence-electron chi connectivity index (χ2n) is 8.72. The van der Waals surface area contributed by atoms with Gasteiger partial charge in [-0.3, -0.25) is 4.90 Å². The molecule has 4 heterocycles. The number of fused-ring (bicyclic) bond motifs is 1. The van der Waals surface area contributed by atoms with Crippen molar-refractivity contribution >= 4 is 16.9 Å². The van der Waals surface area contributed by atoms with Crippen LogP contribution < -0.4 is 11.5 Å². The third kappa shape index (κ3) is 6.30. The quantitative estimate of drug-likeness (QED) is 0.523. The van der Waals surface area contributed by atoms with Crippen LogP contribution in [0, 0.1) is 0 Å². The van der Waals surface area contributed by atoms with E-state index in [9.17, 15) is 8.78 Å². The molecule has 6 N–H and O–H groups in total. The van der Waals surface area contributed by atoms with Crippen LogP contribution in [0.2, 0.25) is 0 Å². The van der Waals surface area contributed by atoms with Crippen LogP contribution in [0.25, 0.3) is 11.0 Å². The standard InChI is InChI=1S/C17H24F2N6O.C3H8O2/c18-17(19)5-3-11(7-20)24(9-17)8-12-1-2-14(26-12)25-6-4-13-15(21)22-10-23-16(13)25;1-3(2,4)5/h4,6,10-12,14H,1-3,5,7-9,20H2,(H2,21,22,23);4-5H,1-2H3. The molecule has 4 rings (SSSR count). The molecule has 3 atom stereocenters. The minimum atomic E-state index is -2.64. The molecule has 0 aliphatic carbocycles. The number of aliphatic hydroxyl groups is 2. The van der Waals surface area contributed by atoms with Gasteiger partial charge in [-0.05, 0) is 39.2 Å². The largest absolute Gasteiger partial charge is 0.383 e. The maximum Gasteiger partial charge on any atom is 0.260 e. The van der Waals surface area contributed by atoms with Crippen LogP contribution in [0.5, 0.6) is 0 Å². The van der Waals surface area contributed by atoms with Gasteiger partial charge >= 0.3 is 0 Å². The Labute approximate surface area is 180 Å². The average molecular weight is 443 g/mol. The maximum atomic E-state index is 13.8. The van der Waals surface area contributed by atoms with Crippen LogP contribution in [0.4, 0.5) is 14.6 Å². The second-order valence-corrected chi connectivity index (χ2v) is 8.72. The van der Waals surface area contributed by atoms with E-state index in [2.05, 4.69) is 9.97 Å². The number of nitrogens with two attached hydrogens (primary N) is 2. The molecule has 2 saturated heterocycles. The highest BCUT2D eigenvalue weighted by atomic mass is 19.3. The van der Waals surface area contributed by atoms with E-state index in [1.807, 2.05) is 16.8 Å². The van der Waals surface area contributed by atoms with Gasteiger partial charge in [-0.2, -0.15) is 0 Å². The molecule has 0 bridgehead atoms. The lowest BCUT2D eigenvalue weighted by Gasteiger charge is -2.40. The highest BCUT2D eigenvalue weighted by Crippen LogP contribution is 2.35. The SMILES string of the molecule is CC(C)(O)O.NCC1CCC(F)(F)CN1CC1CCC(n2ccc3c(N)ncnc32)O1. The van der Waals surface area contributed by atoms with Gasteiger partial charge in [0.15, 0.2) is 5.79 Å². The number of anilines is 1. The van der Waals surface area contributed by atoms with E-state index in [1.54, 1.807) is 4.90 Å². The molecular weight excluding hydrogens is 410 g/mol. The molecule has 2 aliphatic heterocycles. The van der Waals surface area contributed by atoms with Crippen molar-refractivity contribution in [2.45, 2.75) is 69.6 Å². The molecule has 2 fully saturated rings. The number of ether oxygens (including phenoxy) is 1. The summed E-state index contributed by atoms with van der Waals surface area (Å²) in [7, 11) is 0. The number of hydrogen-bond acceptors (Lipinski definition) is 8. The first-order chi connectivity index (χ1) is 14.5. The fraction of sp³-hybridized carbons (Fsp3) is 0.700. The van der Waals surface area contributed by atoms with E-state index < -0.39 is 11.7 Å². The summed E-state index contributed by atoms with van der Waals surface area (Å²) in [5, 5.41) is 16.9. The molecular formula is C20H32F2N6O3. The fourth-order valence-corrected chi connectivity index (χ4v) is 4.06. The number of halogens is 2. The third-order valence-electron chi connectivity index (χ3n) is 5.44. The van der Waals surface area contributed by atoms with Crippen LogP contribution in [-0.2, 0) is 4.74 Å². The number of likely N-dealkylation sites (tertiary alicyclic amines) is 1. The van der Waals surface area contributed by atoms with E-state index in [-0.39, 0.29) is 31.3 Å². The molecule has 3 unspecified atom stereocenters. The Hall–Kier alpha value is -1.92. The van der Waals surface area contributed by atoms with Crippen LogP contribution in [0.3, 0.4) is 0 Å². The number of nitrogen functional groups attached to an aromatic ring is 1. The minimum Gasteiger partial charge on any atom is -0.383 e. The fourth-order valence-electron chi connectivity index (χ4n) is 4.06. The van der Waals surface area contributed by atoms with Gasteiger partial charge in [-0.25, -0.2) is 18.7 Å². The highest BCUT2D eigenvalue weighted by Gasteiger charge is 2.41. The van der Waals surface area contributed by atoms with E-state index in [4.69, 9.17) is 26.4 Å². The first-order valence-corrected chi connectivity index (χ1v) is 10.5. The van der Waals surface area contributed by atoms with Gasteiger partial charge in [-0.1, -0.05) is 0 Å². The molecule has 0 radical (unpaired) electrons. The Kier molecular flexibility index (Phi) is 7.11. The van der Waals surface area contributed by atoms with Gasteiger partial charge < -0.3 is 31.0 Å². The van der Waals surface area contributed by atoms with Crippen molar-refractivity contribution in [2.75, 3.05) is 25.4 Å². The Bertz CT molecular complexity index is 866. The van der Waals surface area contributed by atoms with Crippen molar-refractivity contribution in [3.8, 4) is 0 Å². The normalized spacial score (nSPS) is 26.6. The minimum absolute atomic E-state index is 0.00257. The second kappa shape index (κ2) is 9.29. The van der Waals surface area contributed by atoms with Gasteiger partial charge in [0.1, 0.15) is 24.0 Å². The summed E-state index contributed by atoms with van der Waals surface area (Å²) in [6.45, 7) is 3.23. The summed E-state index contributed by atoms with van der Waals surface area (Å²) in [5.41, 5.74) is 12.4. The Morgan fingerprint density at radius 3 is 2.65 bits per heavy atom. The number of alkyl halides is 2. The summed E-state index contributed by atoms with van der Waals surface area (Å²) in [6, 6.07) is 1.87. The summed E-state index contributed by atoms with van der Waals surface area (Å²) in [5.74, 6) is -3.71. The highest BCUT2D eigenvalue weighted by molar-refractivity contribution is 5.86. The molecule has 174 valence electrons. The molecule has 0 aromatic carbocycles. The zero-order chi connectivity index (χ0) is 22.8. The number of nitrogens with zero attached hydrogens (tertiary/aromatic N) is 4. The number of piperidine rings is 1. The lowest BCUT2D eigenvalue weighted by molar-refractivity contribution is -0.127. The summed E-state index contributed by atoms with van der Waals surface area (Å²) in [4.78, 5) is 10.1. The zero-order valence-corrected chi connectivity index (χ0v) is 17.9.